The number of aromatic nitrogens is 1. The lowest BCUT2D eigenvalue weighted by Gasteiger charge is -2.06. The number of benzene rings is 1. The summed E-state index contributed by atoms with van der Waals surface area (Å²) in [5.41, 5.74) is 1.10. The Morgan fingerprint density at radius 2 is 2.07 bits per heavy atom. The Morgan fingerprint density at radius 3 is 2.80 bits per heavy atom. The Kier molecular flexibility index (Phi) is 2.88. The summed E-state index contributed by atoms with van der Waals surface area (Å²) in [5, 5.41) is 0.589. The smallest absolute Gasteiger partial charge is 0.219 e. The van der Waals surface area contributed by atoms with Crippen molar-refractivity contribution in [1.29, 1.82) is 0 Å². The van der Waals surface area contributed by atoms with Gasteiger partial charge in [0.25, 0.3) is 0 Å². The van der Waals surface area contributed by atoms with E-state index in [1.807, 2.05) is 37.3 Å². The first kappa shape index (κ1) is 9.99. The summed E-state index contributed by atoms with van der Waals surface area (Å²) >= 11 is 5.99. The summed E-state index contributed by atoms with van der Waals surface area (Å²) in [7, 11) is 0. The Labute approximate surface area is 93.5 Å². The van der Waals surface area contributed by atoms with E-state index in [-0.39, 0.29) is 0 Å². The molecule has 0 aliphatic carbocycles. The molecule has 0 fully saturated rings. The van der Waals surface area contributed by atoms with Gasteiger partial charge in [0, 0.05) is 12.3 Å². The van der Waals surface area contributed by atoms with E-state index in [1.54, 1.807) is 12.3 Å². The van der Waals surface area contributed by atoms with Crippen LogP contribution < -0.4 is 4.74 Å². The van der Waals surface area contributed by atoms with Gasteiger partial charge >= 0.3 is 0 Å². The van der Waals surface area contributed by atoms with Gasteiger partial charge in [-0.05, 0) is 30.7 Å². The van der Waals surface area contributed by atoms with E-state index in [2.05, 4.69) is 4.98 Å². The summed E-state index contributed by atoms with van der Waals surface area (Å²) in [6.07, 6.45) is 1.68. The molecule has 0 saturated heterocycles. The average Bonchev–Trinajstić information content (AvgIpc) is 2.25. The summed E-state index contributed by atoms with van der Waals surface area (Å²) < 4.78 is 5.55. The number of aryl methyl sites for hydroxylation is 1. The van der Waals surface area contributed by atoms with Gasteiger partial charge in [-0.2, -0.15) is 0 Å². The molecule has 15 heavy (non-hydrogen) atoms. The lowest BCUT2D eigenvalue weighted by Crippen LogP contribution is -1.88. The Morgan fingerprint density at radius 1 is 1.20 bits per heavy atom. The van der Waals surface area contributed by atoms with Crippen molar-refractivity contribution in [2.24, 2.45) is 0 Å². The molecule has 2 nitrogen and oxygen atoms in total. The van der Waals surface area contributed by atoms with E-state index < -0.39 is 0 Å². The maximum Gasteiger partial charge on any atom is 0.219 e. The van der Waals surface area contributed by atoms with Gasteiger partial charge in [-0.15, -0.1) is 0 Å². The first-order valence-corrected chi connectivity index (χ1v) is 4.98. The zero-order valence-corrected chi connectivity index (χ0v) is 9.03. The van der Waals surface area contributed by atoms with E-state index in [0.29, 0.717) is 16.7 Å². The standard InChI is InChI=1S/C12H10ClNO/c1-9-5-6-10(13)11(8-9)15-12-4-2-3-7-14-12/h2-8H,1H3. The quantitative estimate of drug-likeness (QED) is 0.766. The van der Waals surface area contributed by atoms with Gasteiger partial charge in [0.2, 0.25) is 5.88 Å². The fourth-order valence-electron chi connectivity index (χ4n) is 1.21. The largest absolute Gasteiger partial charge is 0.437 e. The minimum absolute atomic E-state index is 0.546. The van der Waals surface area contributed by atoms with Gasteiger partial charge in [-0.3, -0.25) is 0 Å². The van der Waals surface area contributed by atoms with Crippen molar-refractivity contribution in [3.8, 4) is 11.6 Å². The first-order chi connectivity index (χ1) is 7.25. The second-order valence-electron chi connectivity index (χ2n) is 3.20. The molecule has 2 rings (SSSR count). The fourth-order valence-corrected chi connectivity index (χ4v) is 1.37. The molecule has 2 aromatic rings. The van der Waals surface area contributed by atoms with Crippen LogP contribution in [0.4, 0.5) is 0 Å². The van der Waals surface area contributed by atoms with Crippen LogP contribution in [0.15, 0.2) is 42.6 Å². The average molecular weight is 220 g/mol. The van der Waals surface area contributed by atoms with Crippen molar-refractivity contribution >= 4 is 11.6 Å². The van der Waals surface area contributed by atoms with Crippen LogP contribution >= 0.6 is 11.6 Å². The fraction of sp³-hybridized carbons (Fsp3) is 0.0833. The van der Waals surface area contributed by atoms with Crippen molar-refractivity contribution in [1.82, 2.24) is 4.98 Å². The van der Waals surface area contributed by atoms with Gasteiger partial charge in [0.1, 0.15) is 5.75 Å². The molecule has 0 aliphatic rings. The van der Waals surface area contributed by atoms with Crippen molar-refractivity contribution in [2.45, 2.75) is 6.92 Å². The topological polar surface area (TPSA) is 22.1 Å². The minimum Gasteiger partial charge on any atom is -0.437 e. The first-order valence-electron chi connectivity index (χ1n) is 4.61. The molecule has 1 aromatic carbocycles. The Bertz CT molecular complexity index is 456. The highest BCUT2D eigenvalue weighted by atomic mass is 35.5. The van der Waals surface area contributed by atoms with Crippen LogP contribution in [0.2, 0.25) is 5.02 Å². The predicted octanol–water partition coefficient (Wildman–Crippen LogP) is 3.84. The molecule has 0 atom stereocenters. The van der Waals surface area contributed by atoms with Gasteiger partial charge in [0.15, 0.2) is 0 Å². The van der Waals surface area contributed by atoms with Gasteiger partial charge in [0.05, 0.1) is 5.02 Å². The monoisotopic (exact) mass is 219 g/mol. The predicted molar refractivity (Wildman–Crippen MR) is 60.5 cm³/mol. The van der Waals surface area contributed by atoms with Gasteiger partial charge in [-0.25, -0.2) is 4.98 Å². The van der Waals surface area contributed by atoms with E-state index in [4.69, 9.17) is 16.3 Å². The number of hydrogen-bond donors (Lipinski definition) is 0. The molecule has 0 radical (unpaired) electrons. The van der Waals surface area contributed by atoms with Gasteiger partial charge in [-0.1, -0.05) is 23.7 Å². The van der Waals surface area contributed by atoms with Crippen LogP contribution in [-0.4, -0.2) is 4.98 Å². The molecule has 1 heterocycles. The van der Waals surface area contributed by atoms with Crippen LogP contribution in [0, 0.1) is 6.92 Å². The number of pyridine rings is 1. The number of halogens is 1. The van der Waals surface area contributed by atoms with E-state index in [9.17, 15) is 0 Å². The zero-order valence-electron chi connectivity index (χ0n) is 8.27. The van der Waals surface area contributed by atoms with Crippen LogP contribution in [0.5, 0.6) is 11.6 Å². The van der Waals surface area contributed by atoms with Gasteiger partial charge < -0.3 is 4.74 Å². The number of rotatable bonds is 2. The second-order valence-corrected chi connectivity index (χ2v) is 3.61. The normalized spacial score (nSPS) is 10.0. The molecular formula is C12H10ClNO. The molecule has 3 heteroatoms. The highest BCUT2D eigenvalue weighted by Crippen LogP contribution is 2.28. The molecule has 0 unspecified atom stereocenters. The molecular weight excluding hydrogens is 210 g/mol. The summed E-state index contributed by atoms with van der Waals surface area (Å²) in [5.74, 6) is 1.18. The number of hydrogen-bond acceptors (Lipinski definition) is 2. The van der Waals surface area contributed by atoms with Crippen molar-refractivity contribution in [3.05, 3.63) is 53.2 Å². The highest BCUT2D eigenvalue weighted by Gasteiger charge is 2.03. The Balaban J connectivity index is 2.28. The third kappa shape index (κ3) is 2.48. The minimum atomic E-state index is 0.546. The second kappa shape index (κ2) is 4.32. The summed E-state index contributed by atoms with van der Waals surface area (Å²) in [6.45, 7) is 1.99. The molecule has 0 N–H and O–H groups in total. The van der Waals surface area contributed by atoms with E-state index >= 15 is 0 Å². The molecule has 1 aromatic heterocycles. The molecule has 0 bridgehead atoms. The Hall–Kier alpha value is -1.54. The summed E-state index contributed by atoms with van der Waals surface area (Å²) in [4.78, 5) is 4.06. The van der Waals surface area contributed by atoms with Crippen molar-refractivity contribution in [2.75, 3.05) is 0 Å². The number of ether oxygens (including phenoxy) is 1. The third-order valence-corrected chi connectivity index (χ3v) is 2.25. The molecule has 76 valence electrons. The van der Waals surface area contributed by atoms with Crippen LogP contribution in [0.1, 0.15) is 5.56 Å². The van der Waals surface area contributed by atoms with Crippen molar-refractivity contribution < 1.29 is 4.74 Å². The van der Waals surface area contributed by atoms with Crippen LogP contribution in [-0.2, 0) is 0 Å². The lowest BCUT2D eigenvalue weighted by atomic mass is 10.2. The highest BCUT2D eigenvalue weighted by molar-refractivity contribution is 6.32. The third-order valence-electron chi connectivity index (χ3n) is 1.94. The molecule has 0 amide bonds. The summed E-state index contributed by atoms with van der Waals surface area (Å²) in [6, 6.07) is 11.1. The lowest BCUT2D eigenvalue weighted by molar-refractivity contribution is 0.463. The zero-order chi connectivity index (χ0) is 10.7. The molecule has 0 aliphatic heterocycles. The maximum absolute atomic E-state index is 5.99. The molecule has 0 spiro atoms. The maximum atomic E-state index is 5.99. The van der Waals surface area contributed by atoms with Crippen LogP contribution in [0.3, 0.4) is 0 Å². The number of nitrogens with zero attached hydrogens (tertiary/aromatic N) is 1. The van der Waals surface area contributed by atoms with Crippen molar-refractivity contribution in [3.63, 3.8) is 0 Å². The van der Waals surface area contributed by atoms with Crippen LogP contribution in [0.25, 0.3) is 0 Å². The van der Waals surface area contributed by atoms with E-state index in [1.165, 1.54) is 0 Å². The SMILES string of the molecule is Cc1ccc(Cl)c(Oc2ccccn2)c1. The molecule has 0 saturated carbocycles. The van der Waals surface area contributed by atoms with E-state index in [0.717, 1.165) is 5.56 Å².